The molecular formula is C19H16N2O3. The second-order valence-corrected chi connectivity index (χ2v) is 5.40. The zero-order valence-corrected chi connectivity index (χ0v) is 13.0. The summed E-state index contributed by atoms with van der Waals surface area (Å²) >= 11 is 0. The lowest BCUT2D eigenvalue weighted by molar-refractivity contribution is 0.0951. The summed E-state index contributed by atoms with van der Waals surface area (Å²) in [4.78, 5) is 12.1. The molecule has 0 fully saturated rings. The van der Waals surface area contributed by atoms with Gasteiger partial charge in [-0.2, -0.15) is 5.10 Å². The van der Waals surface area contributed by atoms with E-state index in [1.807, 2.05) is 42.5 Å². The first-order valence-electron chi connectivity index (χ1n) is 7.40. The molecule has 0 spiro atoms. The van der Waals surface area contributed by atoms with Gasteiger partial charge in [0.15, 0.2) is 0 Å². The molecule has 0 radical (unpaired) electrons. The fraction of sp³-hybridized carbons (Fsp3) is 0.0526. The van der Waals surface area contributed by atoms with E-state index in [-0.39, 0.29) is 17.1 Å². The number of nitrogens with one attached hydrogen (secondary N) is 1. The molecule has 0 saturated carbocycles. The van der Waals surface area contributed by atoms with Gasteiger partial charge in [0, 0.05) is 0 Å². The maximum atomic E-state index is 12.1. The molecule has 0 aliphatic rings. The Hall–Kier alpha value is -3.34. The molecule has 0 aromatic heterocycles. The lowest BCUT2D eigenvalue weighted by Gasteiger charge is -2.06. The Balaban J connectivity index is 1.82. The van der Waals surface area contributed by atoms with E-state index in [2.05, 4.69) is 10.5 Å². The van der Waals surface area contributed by atoms with Crippen LogP contribution in [-0.4, -0.2) is 21.8 Å². The van der Waals surface area contributed by atoms with Gasteiger partial charge in [-0.25, -0.2) is 5.43 Å². The van der Waals surface area contributed by atoms with E-state index in [1.165, 1.54) is 18.2 Å². The Morgan fingerprint density at radius 2 is 1.71 bits per heavy atom. The lowest BCUT2D eigenvalue weighted by atomic mass is 10.0. The first kappa shape index (κ1) is 15.6. The first-order valence-corrected chi connectivity index (χ1v) is 7.40. The standard InChI is InChI=1S/C19H16N2O3/c1-12(14-7-6-13-4-2-3-5-15(13)10-14)20-21-19(24)17-11-16(22)8-9-18(17)23/h2-11,22-23H,1H3,(H,21,24). The van der Waals surface area contributed by atoms with E-state index < -0.39 is 5.91 Å². The van der Waals surface area contributed by atoms with E-state index in [4.69, 9.17) is 0 Å². The maximum Gasteiger partial charge on any atom is 0.275 e. The summed E-state index contributed by atoms with van der Waals surface area (Å²) in [5.74, 6) is -0.916. The van der Waals surface area contributed by atoms with Crippen molar-refractivity contribution in [2.24, 2.45) is 5.10 Å². The monoisotopic (exact) mass is 320 g/mol. The van der Waals surface area contributed by atoms with Crippen LogP contribution in [0, 0.1) is 0 Å². The summed E-state index contributed by atoms with van der Waals surface area (Å²) < 4.78 is 0. The molecule has 0 bridgehead atoms. The summed E-state index contributed by atoms with van der Waals surface area (Å²) in [6.45, 7) is 1.78. The fourth-order valence-electron chi connectivity index (χ4n) is 2.38. The molecule has 24 heavy (non-hydrogen) atoms. The molecule has 3 N–H and O–H groups in total. The van der Waals surface area contributed by atoms with Crippen molar-refractivity contribution in [1.29, 1.82) is 0 Å². The number of nitrogens with zero attached hydrogens (tertiary/aromatic N) is 1. The molecule has 3 aromatic carbocycles. The molecule has 0 heterocycles. The van der Waals surface area contributed by atoms with Crippen molar-refractivity contribution >= 4 is 22.4 Å². The number of phenols is 2. The molecule has 0 atom stereocenters. The Kier molecular flexibility index (Phi) is 4.16. The topological polar surface area (TPSA) is 81.9 Å². The van der Waals surface area contributed by atoms with Gasteiger partial charge < -0.3 is 10.2 Å². The quantitative estimate of drug-likeness (QED) is 0.393. The van der Waals surface area contributed by atoms with Gasteiger partial charge in [-0.15, -0.1) is 0 Å². The van der Waals surface area contributed by atoms with Gasteiger partial charge in [0.1, 0.15) is 11.5 Å². The van der Waals surface area contributed by atoms with Crippen molar-refractivity contribution in [3.8, 4) is 11.5 Å². The Bertz CT molecular complexity index is 948. The molecule has 1 amide bonds. The van der Waals surface area contributed by atoms with Crippen molar-refractivity contribution in [3.05, 3.63) is 71.8 Å². The second kappa shape index (κ2) is 6.42. The highest BCUT2D eigenvalue weighted by Crippen LogP contribution is 2.22. The van der Waals surface area contributed by atoms with Crippen LogP contribution in [0.1, 0.15) is 22.8 Å². The van der Waals surface area contributed by atoms with Crippen LogP contribution in [0.5, 0.6) is 11.5 Å². The predicted molar refractivity (Wildman–Crippen MR) is 93.4 cm³/mol. The number of phenolic OH excluding ortho intramolecular Hbond substituents is 2. The number of carbonyl (C=O) groups is 1. The highest BCUT2D eigenvalue weighted by molar-refractivity contribution is 6.03. The molecule has 0 aliphatic heterocycles. The Labute approximate surface area is 138 Å². The second-order valence-electron chi connectivity index (χ2n) is 5.40. The number of hydrogen-bond donors (Lipinski definition) is 3. The number of carbonyl (C=O) groups excluding carboxylic acids is 1. The molecule has 5 heteroatoms. The first-order chi connectivity index (χ1) is 11.5. The van der Waals surface area contributed by atoms with Crippen LogP contribution < -0.4 is 5.43 Å². The molecule has 5 nitrogen and oxygen atoms in total. The zero-order valence-electron chi connectivity index (χ0n) is 13.0. The maximum absolute atomic E-state index is 12.1. The van der Waals surface area contributed by atoms with Crippen LogP contribution in [0.15, 0.2) is 65.8 Å². The van der Waals surface area contributed by atoms with Gasteiger partial charge in [0.25, 0.3) is 5.91 Å². The molecule has 0 aliphatic carbocycles. The van der Waals surface area contributed by atoms with Crippen molar-refractivity contribution in [2.75, 3.05) is 0 Å². The van der Waals surface area contributed by atoms with Gasteiger partial charge in [-0.05, 0) is 47.5 Å². The highest BCUT2D eigenvalue weighted by atomic mass is 16.3. The summed E-state index contributed by atoms with van der Waals surface area (Å²) in [6.07, 6.45) is 0. The van der Waals surface area contributed by atoms with Crippen LogP contribution in [0.25, 0.3) is 10.8 Å². The van der Waals surface area contributed by atoms with Crippen LogP contribution in [-0.2, 0) is 0 Å². The van der Waals surface area contributed by atoms with Crippen molar-refractivity contribution < 1.29 is 15.0 Å². The zero-order chi connectivity index (χ0) is 17.1. The molecule has 0 saturated heterocycles. The highest BCUT2D eigenvalue weighted by Gasteiger charge is 2.11. The smallest absolute Gasteiger partial charge is 0.275 e. The third-order valence-corrected chi connectivity index (χ3v) is 3.72. The van der Waals surface area contributed by atoms with Gasteiger partial charge in [0.2, 0.25) is 0 Å². The lowest BCUT2D eigenvalue weighted by Crippen LogP contribution is -2.19. The summed E-state index contributed by atoms with van der Waals surface area (Å²) in [6, 6.07) is 17.6. The minimum atomic E-state index is -0.594. The number of hydrazone groups is 1. The van der Waals surface area contributed by atoms with Gasteiger partial charge >= 0.3 is 0 Å². The summed E-state index contributed by atoms with van der Waals surface area (Å²) in [5.41, 5.74) is 3.87. The van der Waals surface area contributed by atoms with E-state index in [0.717, 1.165) is 16.3 Å². The molecule has 3 rings (SSSR count). The van der Waals surface area contributed by atoms with Crippen molar-refractivity contribution in [3.63, 3.8) is 0 Å². The number of fused-ring (bicyclic) bond motifs is 1. The average molecular weight is 320 g/mol. The van der Waals surface area contributed by atoms with Gasteiger partial charge in [-0.3, -0.25) is 4.79 Å². The van der Waals surface area contributed by atoms with Crippen molar-refractivity contribution in [2.45, 2.75) is 6.92 Å². The molecule has 0 unspecified atom stereocenters. The largest absolute Gasteiger partial charge is 0.508 e. The third kappa shape index (κ3) is 3.20. The minimum absolute atomic E-state index is 0.0370. The molecule has 120 valence electrons. The number of rotatable bonds is 3. The van der Waals surface area contributed by atoms with Crippen LogP contribution >= 0.6 is 0 Å². The number of amides is 1. The Morgan fingerprint density at radius 1 is 0.958 bits per heavy atom. The van der Waals surface area contributed by atoms with E-state index in [9.17, 15) is 15.0 Å². The number of benzene rings is 3. The fourth-order valence-corrected chi connectivity index (χ4v) is 2.38. The van der Waals surface area contributed by atoms with Crippen LogP contribution in [0.4, 0.5) is 0 Å². The van der Waals surface area contributed by atoms with Gasteiger partial charge in [-0.1, -0.05) is 36.4 Å². The average Bonchev–Trinajstić information content (AvgIpc) is 2.61. The predicted octanol–water partition coefficient (Wildman–Crippen LogP) is 3.41. The SMILES string of the molecule is CC(=NNC(=O)c1cc(O)ccc1O)c1ccc2ccccc2c1. The number of aromatic hydroxyl groups is 2. The number of hydrogen-bond acceptors (Lipinski definition) is 4. The normalized spacial score (nSPS) is 11.5. The van der Waals surface area contributed by atoms with E-state index >= 15 is 0 Å². The Morgan fingerprint density at radius 3 is 2.50 bits per heavy atom. The molecule has 3 aromatic rings. The minimum Gasteiger partial charge on any atom is -0.508 e. The third-order valence-electron chi connectivity index (χ3n) is 3.72. The van der Waals surface area contributed by atoms with Crippen LogP contribution in [0.2, 0.25) is 0 Å². The van der Waals surface area contributed by atoms with Gasteiger partial charge in [0.05, 0.1) is 11.3 Å². The van der Waals surface area contributed by atoms with Crippen LogP contribution in [0.3, 0.4) is 0 Å². The molecular weight excluding hydrogens is 304 g/mol. The van der Waals surface area contributed by atoms with Crippen molar-refractivity contribution in [1.82, 2.24) is 5.43 Å². The van der Waals surface area contributed by atoms with E-state index in [0.29, 0.717) is 5.71 Å². The summed E-state index contributed by atoms with van der Waals surface area (Å²) in [7, 11) is 0. The summed E-state index contributed by atoms with van der Waals surface area (Å²) in [5, 5.41) is 25.4. The van der Waals surface area contributed by atoms with E-state index in [1.54, 1.807) is 6.92 Å².